The molecule has 2 N–H and O–H groups in total. The number of morpholine rings is 1. The molecular weight excluding hydrogens is 617 g/mol. The van der Waals surface area contributed by atoms with Crippen LogP contribution in [0.2, 0.25) is 5.02 Å². The van der Waals surface area contributed by atoms with Gasteiger partial charge in [-0.3, -0.25) is 5.10 Å². The minimum Gasteiger partial charge on any atom is -0.492 e. The molecule has 2 fully saturated rings. The van der Waals surface area contributed by atoms with Gasteiger partial charge in [-0.05, 0) is 53.8 Å². The number of anilines is 1. The van der Waals surface area contributed by atoms with Crippen LogP contribution in [0.15, 0.2) is 24.3 Å². The maximum absolute atomic E-state index is 16.8. The van der Waals surface area contributed by atoms with Crippen LogP contribution in [0.25, 0.3) is 32.9 Å². The third-order valence-corrected chi connectivity index (χ3v) is 8.61. The molecule has 0 radical (unpaired) electrons. The summed E-state index contributed by atoms with van der Waals surface area (Å²) in [5.74, 6) is -0.424. The molecule has 6 rings (SSSR count). The van der Waals surface area contributed by atoms with Gasteiger partial charge in [0.05, 0.1) is 22.5 Å². The maximum atomic E-state index is 16.8. The highest BCUT2D eigenvalue weighted by Crippen LogP contribution is 2.42. The number of likely N-dealkylation sites (N-methyl/N-ethyl adjacent to an activating group) is 1. The lowest BCUT2D eigenvalue weighted by molar-refractivity contribution is -0.0416. The average Bonchev–Trinajstić information content (AvgIpc) is 3.37. The van der Waals surface area contributed by atoms with Crippen LogP contribution in [-0.2, 0) is 9.47 Å². The van der Waals surface area contributed by atoms with Crippen molar-refractivity contribution in [1.29, 1.82) is 0 Å². The minimum atomic E-state index is -0.667. The zero-order valence-electron chi connectivity index (χ0n) is 26.8. The van der Waals surface area contributed by atoms with Crippen molar-refractivity contribution in [2.45, 2.75) is 58.4 Å². The lowest BCUT2D eigenvalue weighted by Crippen LogP contribution is -2.59. The number of fused-ring (bicyclic) bond motifs is 2. The highest BCUT2D eigenvalue weighted by atomic mass is 35.5. The fourth-order valence-corrected chi connectivity index (χ4v) is 6.35. The number of rotatable bonds is 5. The molecule has 2 aromatic heterocycles. The summed E-state index contributed by atoms with van der Waals surface area (Å²) in [6, 6.07) is 6.28. The minimum absolute atomic E-state index is 0.00156. The first kappa shape index (κ1) is 32.0. The second-order valence-corrected chi connectivity index (χ2v) is 13.5. The predicted molar refractivity (Wildman–Crippen MR) is 173 cm³/mol. The number of hydrogen-bond acceptors (Lipinski definition) is 10. The number of benzene rings is 2. The van der Waals surface area contributed by atoms with E-state index in [-0.39, 0.29) is 52.8 Å². The number of aromatic nitrogens is 4. The molecule has 0 unspecified atom stereocenters. The Morgan fingerprint density at radius 3 is 2.70 bits per heavy atom. The Morgan fingerprint density at radius 2 is 1.96 bits per heavy atom. The van der Waals surface area contributed by atoms with Crippen molar-refractivity contribution >= 4 is 45.3 Å². The van der Waals surface area contributed by atoms with Crippen LogP contribution in [0.5, 0.6) is 11.9 Å². The van der Waals surface area contributed by atoms with Crippen molar-refractivity contribution in [1.82, 2.24) is 30.0 Å². The Bertz CT molecular complexity index is 1780. The van der Waals surface area contributed by atoms with Gasteiger partial charge in [0.1, 0.15) is 29.6 Å². The SMILES string of the molecule is C[C@@H]1CN(c2nc(OC[C@H]3CN(C)CCO3)nc3c(F)c(-c4cccc5c(O)n[nH]c45)c(Cl)cc23)[C@@H](C)CN1C(=O)OC(C)(C)C. The summed E-state index contributed by atoms with van der Waals surface area (Å²) < 4.78 is 34.4. The van der Waals surface area contributed by atoms with Gasteiger partial charge in [0, 0.05) is 54.8 Å². The van der Waals surface area contributed by atoms with Gasteiger partial charge >= 0.3 is 12.1 Å². The molecule has 0 bridgehead atoms. The van der Waals surface area contributed by atoms with Crippen molar-refractivity contribution in [2.75, 3.05) is 51.3 Å². The first-order valence-corrected chi connectivity index (χ1v) is 15.7. The van der Waals surface area contributed by atoms with Crippen molar-refractivity contribution in [3.8, 4) is 23.0 Å². The second kappa shape index (κ2) is 12.3. The van der Waals surface area contributed by atoms with E-state index >= 15 is 4.39 Å². The monoisotopic (exact) mass is 655 g/mol. The van der Waals surface area contributed by atoms with E-state index in [9.17, 15) is 9.90 Å². The Morgan fingerprint density at radius 1 is 1.17 bits per heavy atom. The first-order valence-electron chi connectivity index (χ1n) is 15.4. The summed E-state index contributed by atoms with van der Waals surface area (Å²) in [6.45, 7) is 12.4. The molecule has 2 aliphatic heterocycles. The molecule has 2 aromatic carbocycles. The van der Waals surface area contributed by atoms with Crippen molar-refractivity contribution in [3.63, 3.8) is 0 Å². The molecule has 0 saturated carbocycles. The van der Waals surface area contributed by atoms with Crippen LogP contribution in [-0.4, -0.2) is 111 Å². The molecule has 0 aliphatic carbocycles. The number of nitrogens with zero attached hydrogens (tertiary/aromatic N) is 6. The van der Waals surface area contributed by atoms with Gasteiger partial charge in [0.25, 0.3) is 0 Å². The standard InChI is InChI=1S/C32H39ClFN7O5/c1-17-14-41(31(43)46-32(3,4)5)18(2)13-40(17)28-22-12-23(33)24(20-8-7-9-21-26(20)37-38-29(21)42)25(34)27(22)35-30(36-28)45-16-19-15-39(6)10-11-44-19/h7-9,12,17-19H,10-11,13-16H2,1-6H3,(H2,37,38,42)/t17-,18+,19+/m0/s1. The lowest BCUT2D eigenvalue weighted by atomic mass is 10.00. The van der Waals surface area contributed by atoms with Crippen molar-refractivity contribution in [2.24, 2.45) is 0 Å². The van der Waals surface area contributed by atoms with E-state index in [4.69, 9.17) is 30.8 Å². The number of amides is 1. The zero-order chi connectivity index (χ0) is 32.9. The molecule has 2 saturated heterocycles. The van der Waals surface area contributed by atoms with Crippen molar-refractivity contribution in [3.05, 3.63) is 35.1 Å². The van der Waals surface area contributed by atoms with Gasteiger partial charge in [0.15, 0.2) is 5.82 Å². The van der Waals surface area contributed by atoms with E-state index in [2.05, 4.69) is 20.1 Å². The molecule has 46 heavy (non-hydrogen) atoms. The Hall–Kier alpha value is -3.94. The topological polar surface area (TPSA) is 129 Å². The van der Waals surface area contributed by atoms with E-state index in [1.165, 1.54) is 0 Å². The van der Waals surface area contributed by atoms with E-state index in [1.54, 1.807) is 29.2 Å². The van der Waals surface area contributed by atoms with E-state index < -0.39 is 17.5 Å². The number of piperazine rings is 1. The predicted octanol–water partition coefficient (Wildman–Crippen LogP) is 5.21. The van der Waals surface area contributed by atoms with Gasteiger partial charge < -0.3 is 34.0 Å². The Balaban J connectivity index is 1.43. The summed E-state index contributed by atoms with van der Waals surface area (Å²) in [7, 11) is 2.01. The number of halogens is 2. The molecule has 246 valence electrons. The quantitative estimate of drug-likeness (QED) is 0.295. The van der Waals surface area contributed by atoms with Crippen LogP contribution in [0, 0.1) is 5.82 Å². The van der Waals surface area contributed by atoms with Crippen LogP contribution >= 0.6 is 11.6 Å². The first-order chi connectivity index (χ1) is 21.8. The molecule has 4 heterocycles. The van der Waals surface area contributed by atoms with Crippen LogP contribution in [0.1, 0.15) is 34.6 Å². The number of nitrogens with one attached hydrogen (secondary N) is 1. The number of aromatic amines is 1. The number of carbonyl (C=O) groups excluding carboxylic acids is 1. The number of hydrogen-bond donors (Lipinski definition) is 2. The lowest BCUT2D eigenvalue weighted by Gasteiger charge is -2.45. The maximum Gasteiger partial charge on any atom is 0.410 e. The van der Waals surface area contributed by atoms with Gasteiger partial charge in [-0.1, -0.05) is 23.7 Å². The van der Waals surface area contributed by atoms with Crippen LogP contribution < -0.4 is 9.64 Å². The summed E-state index contributed by atoms with van der Waals surface area (Å²) in [5, 5.41) is 17.8. The largest absolute Gasteiger partial charge is 0.492 e. The Labute approximate surface area is 271 Å². The van der Waals surface area contributed by atoms with Gasteiger partial charge in [-0.25, -0.2) is 9.18 Å². The molecule has 1 amide bonds. The molecule has 3 atom stereocenters. The Kier molecular flexibility index (Phi) is 8.59. The summed E-state index contributed by atoms with van der Waals surface area (Å²) in [6.07, 6.45) is -0.590. The fourth-order valence-electron chi connectivity index (χ4n) is 6.06. The molecule has 14 heteroatoms. The van der Waals surface area contributed by atoms with E-state index in [1.807, 2.05) is 46.6 Å². The normalized spacial score (nSPS) is 21.3. The van der Waals surface area contributed by atoms with Crippen LogP contribution in [0.3, 0.4) is 0 Å². The van der Waals surface area contributed by atoms with Gasteiger partial charge in [0.2, 0.25) is 5.88 Å². The van der Waals surface area contributed by atoms with Gasteiger partial charge in [-0.2, -0.15) is 9.97 Å². The third kappa shape index (κ3) is 6.23. The molecular formula is C32H39ClFN7O5. The fraction of sp³-hybridized carbons (Fsp3) is 0.500. The van der Waals surface area contributed by atoms with E-state index in [0.29, 0.717) is 53.9 Å². The number of para-hydroxylation sites is 1. The number of aromatic hydroxyl groups is 1. The summed E-state index contributed by atoms with van der Waals surface area (Å²) >= 11 is 6.84. The van der Waals surface area contributed by atoms with Crippen LogP contribution in [0.4, 0.5) is 15.0 Å². The second-order valence-electron chi connectivity index (χ2n) is 13.1. The van der Waals surface area contributed by atoms with Crippen molar-refractivity contribution < 1.29 is 28.5 Å². The van der Waals surface area contributed by atoms with Gasteiger partial charge in [-0.15, -0.1) is 5.10 Å². The third-order valence-electron chi connectivity index (χ3n) is 8.32. The number of carbonyl (C=O) groups is 1. The molecule has 0 spiro atoms. The molecule has 4 aromatic rings. The number of H-pyrrole nitrogens is 1. The summed E-state index contributed by atoms with van der Waals surface area (Å²) in [5.41, 5.74) is 0.353. The summed E-state index contributed by atoms with van der Waals surface area (Å²) in [4.78, 5) is 28.3. The number of ether oxygens (including phenoxy) is 3. The molecule has 2 aliphatic rings. The average molecular weight is 656 g/mol. The highest BCUT2D eigenvalue weighted by molar-refractivity contribution is 6.35. The van der Waals surface area contributed by atoms with E-state index in [0.717, 1.165) is 6.54 Å². The smallest absolute Gasteiger partial charge is 0.410 e. The molecule has 12 nitrogen and oxygen atoms in total. The highest BCUT2D eigenvalue weighted by Gasteiger charge is 2.36. The zero-order valence-corrected chi connectivity index (χ0v) is 27.6.